The summed E-state index contributed by atoms with van der Waals surface area (Å²) < 4.78 is 0. The van der Waals surface area contributed by atoms with Gasteiger partial charge in [0.2, 0.25) is 5.91 Å². The standard InChI is InChI=1S/C8H13N3O2/c1-5(2)4-9-8(13)6-3-7(12)11-10-6/h5H,3-4H2,1-2H3,(H,9,13)(H,11,12). The maximum atomic E-state index is 11.3. The molecule has 13 heavy (non-hydrogen) atoms. The van der Waals surface area contributed by atoms with Crippen molar-refractivity contribution in [3.05, 3.63) is 0 Å². The fourth-order valence-electron chi connectivity index (χ4n) is 0.891. The Kier molecular flexibility index (Phi) is 3.00. The third-order valence-corrected chi connectivity index (χ3v) is 1.58. The number of nitrogens with one attached hydrogen (secondary N) is 2. The highest BCUT2D eigenvalue weighted by Gasteiger charge is 2.20. The molecule has 5 nitrogen and oxygen atoms in total. The van der Waals surface area contributed by atoms with E-state index in [1.807, 2.05) is 13.8 Å². The molecule has 2 N–H and O–H groups in total. The van der Waals surface area contributed by atoms with Gasteiger partial charge in [-0.2, -0.15) is 5.10 Å². The van der Waals surface area contributed by atoms with Crippen molar-refractivity contribution in [2.75, 3.05) is 6.54 Å². The van der Waals surface area contributed by atoms with Crippen molar-refractivity contribution in [3.63, 3.8) is 0 Å². The Morgan fingerprint density at radius 2 is 2.38 bits per heavy atom. The monoisotopic (exact) mass is 183 g/mol. The number of rotatable bonds is 3. The third-order valence-electron chi connectivity index (χ3n) is 1.58. The second-order valence-electron chi connectivity index (χ2n) is 3.37. The zero-order chi connectivity index (χ0) is 9.84. The molecule has 1 rings (SSSR count). The van der Waals surface area contributed by atoms with E-state index in [1.165, 1.54) is 0 Å². The molecule has 1 aliphatic heterocycles. The molecule has 1 heterocycles. The SMILES string of the molecule is CC(C)CNC(=O)C1=NNC(=O)C1. The van der Waals surface area contributed by atoms with Crippen LogP contribution in [0.3, 0.4) is 0 Å². The molecule has 0 saturated heterocycles. The molecule has 1 aliphatic rings. The van der Waals surface area contributed by atoms with Gasteiger partial charge in [0.05, 0.1) is 6.42 Å². The number of hydrogen-bond acceptors (Lipinski definition) is 3. The zero-order valence-corrected chi connectivity index (χ0v) is 7.76. The summed E-state index contributed by atoms with van der Waals surface area (Å²) in [6, 6.07) is 0. The highest BCUT2D eigenvalue weighted by atomic mass is 16.2. The van der Waals surface area contributed by atoms with Gasteiger partial charge < -0.3 is 5.32 Å². The normalized spacial score (nSPS) is 15.6. The number of carbonyl (C=O) groups is 2. The molecule has 0 saturated carbocycles. The number of hydrazone groups is 1. The van der Waals surface area contributed by atoms with E-state index in [0.29, 0.717) is 12.5 Å². The number of carbonyl (C=O) groups excluding carboxylic acids is 2. The van der Waals surface area contributed by atoms with Crippen LogP contribution in [-0.2, 0) is 9.59 Å². The minimum Gasteiger partial charge on any atom is -0.351 e. The summed E-state index contributed by atoms with van der Waals surface area (Å²) in [6.07, 6.45) is 0.0872. The van der Waals surface area contributed by atoms with Crippen molar-refractivity contribution >= 4 is 17.5 Å². The average molecular weight is 183 g/mol. The van der Waals surface area contributed by atoms with Crippen LogP contribution in [0.15, 0.2) is 5.10 Å². The van der Waals surface area contributed by atoms with E-state index in [-0.39, 0.29) is 23.9 Å². The summed E-state index contributed by atoms with van der Waals surface area (Å²) in [5.74, 6) is -0.0867. The van der Waals surface area contributed by atoms with Crippen LogP contribution in [0.5, 0.6) is 0 Å². The van der Waals surface area contributed by atoms with Crippen LogP contribution in [0.2, 0.25) is 0 Å². The van der Waals surface area contributed by atoms with E-state index < -0.39 is 0 Å². The van der Waals surface area contributed by atoms with Crippen molar-refractivity contribution in [1.82, 2.24) is 10.7 Å². The van der Waals surface area contributed by atoms with Crippen LogP contribution in [0, 0.1) is 5.92 Å². The van der Waals surface area contributed by atoms with Gasteiger partial charge in [0.15, 0.2) is 0 Å². The molecule has 5 heteroatoms. The second-order valence-corrected chi connectivity index (χ2v) is 3.37. The fourth-order valence-corrected chi connectivity index (χ4v) is 0.891. The van der Waals surface area contributed by atoms with Gasteiger partial charge in [-0.25, -0.2) is 5.43 Å². The number of amides is 2. The lowest BCUT2D eigenvalue weighted by Crippen LogP contribution is -2.33. The lowest BCUT2D eigenvalue weighted by molar-refractivity contribution is -0.120. The van der Waals surface area contributed by atoms with E-state index in [4.69, 9.17) is 0 Å². The fraction of sp³-hybridized carbons (Fsp3) is 0.625. The summed E-state index contributed by atoms with van der Waals surface area (Å²) >= 11 is 0. The van der Waals surface area contributed by atoms with Crippen molar-refractivity contribution in [3.8, 4) is 0 Å². The van der Waals surface area contributed by atoms with Crippen LogP contribution < -0.4 is 10.7 Å². The quantitative estimate of drug-likeness (QED) is 0.627. The van der Waals surface area contributed by atoms with Crippen LogP contribution in [0.4, 0.5) is 0 Å². The van der Waals surface area contributed by atoms with Gasteiger partial charge in [0, 0.05) is 6.54 Å². The molecule has 0 aliphatic carbocycles. The van der Waals surface area contributed by atoms with Crippen molar-refractivity contribution < 1.29 is 9.59 Å². The molecule has 0 radical (unpaired) electrons. The second kappa shape index (κ2) is 4.02. The Bertz CT molecular complexity index is 258. The first kappa shape index (κ1) is 9.70. The largest absolute Gasteiger partial charge is 0.351 e. The molecule has 0 fully saturated rings. The predicted octanol–water partition coefficient (Wildman–Crippen LogP) is -0.366. The van der Waals surface area contributed by atoms with Gasteiger partial charge in [-0.05, 0) is 5.92 Å². The molecule has 2 amide bonds. The molecule has 0 aromatic rings. The summed E-state index contributed by atoms with van der Waals surface area (Å²) in [5, 5.41) is 6.28. The molecule has 72 valence electrons. The van der Waals surface area contributed by atoms with Gasteiger partial charge in [-0.1, -0.05) is 13.8 Å². The number of nitrogens with zero attached hydrogens (tertiary/aromatic N) is 1. The molecule has 0 unspecified atom stereocenters. The van der Waals surface area contributed by atoms with Crippen LogP contribution in [0.25, 0.3) is 0 Å². The topological polar surface area (TPSA) is 70.6 Å². The first-order chi connectivity index (χ1) is 6.09. The molecule has 0 atom stereocenters. The predicted molar refractivity (Wildman–Crippen MR) is 48.0 cm³/mol. The van der Waals surface area contributed by atoms with E-state index in [0.717, 1.165) is 0 Å². The van der Waals surface area contributed by atoms with Crippen LogP contribution in [-0.4, -0.2) is 24.1 Å². The summed E-state index contributed by atoms with van der Waals surface area (Å²) in [5.41, 5.74) is 2.50. The Hall–Kier alpha value is -1.39. The van der Waals surface area contributed by atoms with Crippen LogP contribution in [0.1, 0.15) is 20.3 Å². The van der Waals surface area contributed by atoms with E-state index >= 15 is 0 Å². The molecule has 0 spiro atoms. The first-order valence-electron chi connectivity index (χ1n) is 4.23. The van der Waals surface area contributed by atoms with Gasteiger partial charge in [-0.3, -0.25) is 9.59 Å². The van der Waals surface area contributed by atoms with Crippen molar-refractivity contribution in [2.45, 2.75) is 20.3 Å². The summed E-state index contributed by atoms with van der Waals surface area (Å²) in [6.45, 7) is 4.60. The van der Waals surface area contributed by atoms with Gasteiger partial charge >= 0.3 is 0 Å². The van der Waals surface area contributed by atoms with Crippen molar-refractivity contribution in [2.24, 2.45) is 11.0 Å². The maximum absolute atomic E-state index is 11.3. The van der Waals surface area contributed by atoms with Crippen molar-refractivity contribution in [1.29, 1.82) is 0 Å². The molecular formula is C8H13N3O2. The zero-order valence-electron chi connectivity index (χ0n) is 7.76. The Morgan fingerprint density at radius 3 is 2.85 bits per heavy atom. The van der Waals surface area contributed by atoms with E-state index in [1.54, 1.807) is 0 Å². The molecule has 0 aromatic carbocycles. The minimum atomic E-state index is -0.257. The average Bonchev–Trinajstić information content (AvgIpc) is 2.47. The Morgan fingerprint density at radius 1 is 1.69 bits per heavy atom. The Balaban J connectivity index is 2.36. The molecule has 0 bridgehead atoms. The Labute approximate surface area is 76.6 Å². The summed E-state index contributed by atoms with van der Waals surface area (Å²) in [4.78, 5) is 22.0. The van der Waals surface area contributed by atoms with E-state index in [2.05, 4.69) is 15.8 Å². The first-order valence-corrected chi connectivity index (χ1v) is 4.23. The summed E-state index contributed by atoms with van der Waals surface area (Å²) in [7, 11) is 0. The highest BCUT2D eigenvalue weighted by molar-refractivity contribution is 6.43. The van der Waals surface area contributed by atoms with E-state index in [9.17, 15) is 9.59 Å². The highest BCUT2D eigenvalue weighted by Crippen LogP contribution is 1.96. The molecular weight excluding hydrogens is 170 g/mol. The lowest BCUT2D eigenvalue weighted by Gasteiger charge is -2.05. The lowest BCUT2D eigenvalue weighted by atomic mass is 10.2. The maximum Gasteiger partial charge on any atom is 0.268 e. The third kappa shape index (κ3) is 2.85. The minimum absolute atomic E-state index is 0.0872. The smallest absolute Gasteiger partial charge is 0.268 e. The van der Waals surface area contributed by atoms with Crippen LogP contribution >= 0.6 is 0 Å². The van der Waals surface area contributed by atoms with Gasteiger partial charge in [-0.15, -0.1) is 0 Å². The van der Waals surface area contributed by atoms with Gasteiger partial charge in [0.25, 0.3) is 5.91 Å². The molecule has 0 aromatic heterocycles. The number of hydrogen-bond donors (Lipinski definition) is 2. The van der Waals surface area contributed by atoms with Gasteiger partial charge in [0.1, 0.15) is 5.71 Å².